The van der Waals surface area contributed by atoms with Gasteiger partial charge in [-0.25, -0.2) is 0 Å². The van der Waals surface area contributed by atoms with Gasteiger partial charge in [0.05, 0.1) is 16.3 Å². The standard InChI is InChI=1S/C15H22ClNO/c1-4-15(3)10-12(8-9-18-15)17-13-7-5-6-11(2)14(13)16/h5-7,12,17H,4,8-10H2,1-3H3. The Morgan fingerprint density at radius 1 is 1.50 bits per heavy atom. The van der Waals surface area contributed by atoms with Crippen molar-refractivity contribution in [3.8, 4) is 0 Å². The fourth-order valence-electron chi connectivity index (χ4n) is 2.48. The summed E-state index contributed by atoms with van der Waals surface area (Å²) in [6, 6.07) is 6.58. The molecule has 2 rings (SSSR count). The van der Waals surface area contributed by atoms with Crippen molar-refractivity contribution in [2.45, 2.75) is 51.7 Å². The average molecular weight is 268 g/mol. The lowest BCUT2D eigenvalue weighted by atomic mass is 9.90. The Morgan fingerprint density at radius 2 is 2.28 bits per heavy atom. The number of hydrogen-bond donors (Lipinski definition) is 1. The number of benzene rings is 1. The van der Waals surface area contributed by atoms with E-state index < -0.39 is 0 Å². The summed E-state index contributed by atoms with van der Waals surface area (Å²) in [5.41, 5.74) is 2.17. The molecule has 2 atom stereocenters. The molecule has 2 nitrogen and oxygen atoms in total. The Kier molecular flexibility index (Phi) is 4.18. The van der Waals surface area contributed by atoms with Crippen LogP contribution >= 0.6 is 11.6 Å². The zero-order valence-electron chi connectivity index (χ0n) is 11.4. The summed E-state index contributed by atoms with van der Waals surface area (Å²) >= 11 is 6.32. The predicted molar refractivity (Wildman–Crippen MR) is 77.5 cm³/mol. The minimum Gasteiger partial charge on any atom is -0.381 e. The minimum atomic E-state index is 0.00617. The van der Waals surface area contributed by atoms with Crippen molar-refractivity contribution in [3.05, 3.63) is 28.8 Å². The zero-order valence-corrected chi connectivity index (χ0v) is 12.2. The van der Waals surface area contributed by atoms with Crippen LogP contribution < -0.4 is 5.32 Å². The minimum absolute atomic E-state index is 0.00617. The number of ether oxygens (including phenoxy) is 1. The second-order valence-corrected chi connectivity index (χ2v) is 5.80. The van der Waals surface area contributed by atoms with E-state index in [2.05, 4.69) is 19.2 Å². The van der Waals surface area contributed by atoms with E-state index >= 15 is 0 Å². The molecule has 1 aliphatic heterocycles. The molecule has 0 aromatic heterocycles. The molecule has 18 heavy (non-hydrogen) atoms. The van der Waals surface area contributed by atoms with Gasteiger partial charge in [0.15, 0.2) is 0 Å². The number of nitrogens with one attached hydrogen (secondary N) is 1. The van der Waals surface area contributed by atoms with E-state index in [1.807, 2.05) is 25.1 Å². The highest BCUT2D eigenvalue weighted by Crippen LogP contribution is 2.32. The van der Waals surface area contributed by atoms with E-state index in [0.717, 1.165) is 42.1 Å². The Morgan fingerprint density at radius 3 is 3.00 bits per heavy atom. The van der Waals surface area contributed by atoms with E-state index in [1.54, 1.807) is 0 Å². The first-order valence-corrected chi connectivity index (χ1v) is 7.07. The maximum absolute atomic E-state index is 6.32. The summed E-state index contributed by atoms with van der Waals surface area (Å²) in [5, 5.41) is 4.40. The van der Waals surface area contributed by atoms with Gasteiger partial charge in [-0.3, -0.25) is 0 Å². The maximum atomic E-state index is 6.32. The molecule has 0 radical (unpaired) electrons. The van der Waals surface area contributed by atoms with Crippen LogP contribution in [0.25, 0.3) is 0 Å². The third-order valence-corrected chi connectivity index (χ3v) is 4.40. The zero-order chi connectivity index (χ0) is 13.2. The molecule has 0 spiro atoms. The van der Waals surface area contributed by atoms with Gasteiger partial charge < -0.3 is 10.1 Å². The largest absolute Gasteiger partial charge is 0.381 e. The molecule has 2 unspecified atom stereocenters. The second-order valence-electron chi connectivity index (χ2n) is 5.42. The first kappa shape index (κ1) is 13.7. The molecule has 1 aromatic rings. The van der Waals surface area contributed by atoms with E-state index in [4.69, 9.17) is 16.3 Å². The number of halogens is 1. The van der Waals surface area contributed by atoms with Crippen molar-refractivity contribution in [3.63, 3.8) is 0 Å². The fraction of sp³-hybridized carbons (Fsp3) is 0.600. The van der Waals surface area contributed by atoms with Crippen LogP contribution in [-0.4, -0.2) is 18.2 Å². The van der Waals surface area contributed by atoms with E-state index in [9.17, 15) is 0 Å². The topological polar surface area (TPSA) is 21.3 Å². The number of rotatable bonds is 3. The van der Waals surface area contributed by atoms with Crippen molar-refractivity contribution in [2.75, 3.05) is 11.9 Å². The summed E-state index contributed by atoms with van der Waals surface area (Å²) < 4.78 is 5.86. The van der Waals surface area contributed by atoms with Crippen molar-refractivity contribution < 1.29 is 4.74 Å². The monoisotopic (exact) mass is 267 g/mol. The highest BCUT2D eigenvalue weighted by atomic mass is 35.5. The Balaban J connectivity index is 2.07. The van der Waals surface area contributed by atoms with Gasteiger partial charge in [0.25, 0.3) is 0 Å². The lowest BCUT2D eigenvalue weighted by Gasteiger charge is -2.38. The molecular weight excluding hydrogens is 246 g/mol. The van der Waals surface area contributed by atoms with Gasteiger partial charge in [0.1, 0.15) is 0 Å². The van der Waals surface area contributed by atoms with Crippen LogP contribution in [0.1, 0.15) is 38.7 Å². The fourth-order valence-corrected chi connectivity index (χ4v) is 2.66. The van der Waals surface area contributed by atoms with Crippen LogP contribution in [0.4, 0.5) is 5.69 Å². The summed E-state index contributed by atoms with van der Waals surface area (Å²) in [7, 11) is 0. The van der Waals surface area contributed by atoms with E-state index in [1.165, 1.54) is 0 Å². The van der Waals surface area contributed by atoms with Gasteiger partial charge >= 0.3 is 0 Å². The maximum Gasteiger partial charge on any atom is 0.0671 e. The van der Waals surface area contributed by atoms with Crippen LogP contribution in [0.5, 0.6) is 0 Å². The number of anilines is 1. The van der Waals surface area contributed by atoms with Crippen LogP contribution in [0, 0.1) is 6.92 Å². The second kappa shape index (κ2) is 5.50. The normalized spacial score (nSPS) is 28.1. The van der Waals surface area contributed by atoms with Crippen LogP contribution in [-0.2, 0) is 4.74 Å². The van der Waals surface area contributed by atoms with Gasteiger partial charge in [0.2, 0.25) is 0 Å². The lowest BCUT2D eigenvalue weighted by Crippen LogP contribution is -2.41. The summed E-state index contributed by atoms with van der Waals surface area (Å²) in [6.45, 7) is 7.24. The van der Waals surface area contributed by atoms with Gasteiger partial charge in [-0.1, -0.05) is 30.7 Å². The molecule has 3 heteroatoms. The van der Waals surface area contributed by atoms with Crippen molar-refractivity contribution in [1.29, 1.82) is 0 Å². The number of aryl methyl sites for hydroxylation is 1. The van der Waals surface area contributed by atoms with Gasteiger partial charge in [0, 0.05) is 12.6 Å². The van der Waals surface area contributed by atoms with Crippen molar-refractivity contribution >= 4 is 17.3 Å². The lowest BCUT2D eigenvalue weighted by molar-refractivity contribution is -0.0708. The van der Waals surface area contributed by atoms with Crippen LogP contribution in [0.3, 0.4) is 0 Å². The number of hydrogen-bond acceptors (Lipinski definition) is 2. The summed E-state index contributed by atoms with van der Waals surface area (Å²) in [6.07, 6.45) is 3.13. The molecule has 1 fully saturated rings. The Hall–Kier alpha value is -0.730. The molecule has 100 valence electrons. The van der Waals surface area contributed by atoms with Gasteiger partial charge in [-0.05, 0) is 44.7 Å². The van der Waals surface area contributed by atoms with Gasteiger partial charge in [-0.15, -0.1) is 0 Å². The van der Waals surface area contributed by atoms with Crippen LogP contribution in [0.15, 0.2) is 18.2 Å². The Labute approximate surface area is 115 Å². The molecular formula is C15H22ClNO. The molecule has 0 aliphatic carbocycles. The molecule has 0 amide bonds. The average Bonchev–Trinajstić information content (AvgIpc) is 2.35. The highest BCUT2D eigenvalue weighted by Gasteiger charge is 2.31. The molecule has 1 heterocycles. The van der Waals surface area contributed by atoms with E-state index in [-0.39, 0.29) is 5.60 Å². The SMILES string of the molecule is CCC1(C)CC(Nc2cccc(C)c2Cl)CCO1. The first-order valence-electron chi connectivity index (χ1n) is 6.70. The Bertz CT molecular complexity index is 421. The van der Waals surface area contributed by atoms with Gasteiger partial charge in [-0.2, -0.15) is 0 Å². The highest BCUT2D eigenvalue weighted by molar-refractivity contribution is 6.34. The molecule has 0 saturated carbocycles. The van der Waals surface area contributed by atoms with Crippen LogP contribution in [0.2, 0.25) is 5.02 Å². The third-order valence-electron chi connectivity index (χ3n) is 3.89. The predicted octanol–water partition coefficient (Wildman–Crippen LogP) is 4.41. The first-order chi connectivity index (χ1) is 8.54. The molecule has 0 bridgehead atoms. The summed E-state index contributed by atoms with van der Waals surface area (Å²) in [5.74, 6) is 0. The third kappa shape index (κ3) is 2.99. The molecule has 1 saturated heterocycles. The van der Waals surface area contributed by atoms with Crippen molar-refractivity contribution in [2.24, 2.45) is 0 Å². The molecule has 1 N–H and O–H groups in total. The quantitative estimate of drug-likeness (QED) is 0.876. The van der Waals surface area contributed by atoms with Crippen molar-refractivity contribution in [1.82, 2.24) is 0 Å². The molecule has 1 aromatic carbocycles. The molecule has 1 aliphatic rings. The van der Waals surface area contributed by atoms with E-state index in [0.29, 0.717) is 6.04 Å². The summed E-state index contributed by atoms with van der Waals surface area (Å²) in [4.78, 5) is 0. The smallest absolute Gasteiger partial charge is 0.0671 e.